The molecule has 1 heterocycles. The van der Waals surface area contributed by atoms with Crippen LogP contribution in [0.4, 0.5) is 0 Å². The molecule has 0 atom stereocenters. The summed E-state index contributed by atoms with van der Waals surface area (Å²) in [7, 11) is 0. The van der Waals surface area contributed by atoms with E-state index in [-0.39, 0.29) is 0 Å². The predicted molar refractivity (Wildman–Crippen MR) is 81.4 cm³/mol. The van der Waals surface area contributed by atoms with Gasteiger partial charge in [-0.2, -0.15) is 0 Å². The van der Waals surface area contributed by atoms with Crippen LogP contribution < -0.4 is 14.8 Å². The van der Waals surface area contributed by atoms with E-state index < -0.39 is 0 Å². The van der Waals surface area contributed by atoms with Crippen molar-refractivity contribution in [2.24, 2.45) is 0 Å². The van der Waals surface area contributed by atoms with Crippen molar-refractivity contribution in [1.29, 1.82) is 0 Å². The molecular weight excluding hydrogens is 272 g/mol. The van der Waals surface area contributed by atoms with Gasteiger partial charge in [0.1, 0.15) is 6.61 Å². The molecular formula is C15H20N2O2S. The summed E-state index contributed by atoms with van der Waals surface area (Å²) in [6.07, 6.45) is 1.82. The Morgan fingerprint density at radius 3 is 2.80 bits per heavy atom. The zero-order valence-electron chi connectivity index (χ0n) is 11.9. The largest absolute Gasteiger partial charge is 0.490 e. The van der Waals surface area contributed by atoms with E-state index in [4.69, 9.17) is 9.47 Å². The zero-order valence-corrected chi connectivity index (χ0v) is 12.7. The van der Waals surface area contributed by atoms with Gasteiger partial charge in [0.15, 0.2) is 11.5 Å². The van der Waals surface area contributed by atoms with Crippen LogP contribution in [0.5, 0.6) is 11.5 Å². The van der Waals surface area contributed by atoms with E-state index in [0.717, 1.165) is 29.5 Å². The minimum Gasteiger partial charge on any atom is -0.490 e. The normalized spacial score (nSPS) is 10.5. The highest BCUT2D eigenvalue weighted by molar-refractivity contribution is 7.09. The molecule has 1 aromatic carbocycles. The van der Waals surface area contributed by atoms with Crippen molar-refractivity contribution < 1.29 is 9.47 Å². The average Bonchev–Trinajstić information content (AvgIpc) is 2.98. The number of rotatable bonds is 8. The topological polar surface area (TPSA) is 43.4 Å². The first-order chi connectivity index (χ1) is 9.83. The summed E-state index contributed by atoms with van der Waals surface area (Å²) in [4.78, 5) is 5.14. The summed E-state index contributed by atoms with van der Waals surface area (Å²) in [6, 6.07) is 6.07. The van der Waals surface area contributed by atoms with Gasteiger partial charge in [0.25, 0.3) is 0 Å². The summed E-state index contributed by atoms with van der Waals surface area (Å²) in [6.45, 7) is 7.01. The van der Waals surface area contributed by atoms with Crippen LogP contribution in [0.1, 0.15) is 24.3 Å². The fraction of sp³-hybridized carbons (Fsp3) is 0.400. The number of nitrogens with one attached hydrogen (secondary N) is 1. The molecule has 0 saturated carbocycles. The summed E-state index contributed by atoms with van der Waals surface area (Å²) < 4.78 is 11.5. The second kappa shape index (κ2) is 7.87. The summed E-state index contributed by atoms with van der Waals surface area (Å²) in [5, 5.41) is 3.30. The molecule has 1 aromatic heterocycles. The lowest BCUT2D eigenvalue weighted by Crippen LogP contribution is -2.11. The standard InChI is InChI=1S/C15H20N2O2S/c1-3-16-8-12-5-6-14(15(7-12)18-4-2)19-10-13-9-17-11-20-13/h5-7,9,11,16H,3-4,8,10H2,1-2H3. The van der Waals surface area contributed by atoms with Crippen molar-refractivity contribution in [2.75, 3.05) is 13.2 Å². The maximum atomic E-state index is 5.82. The number of ether oxygens (including phenoxy) is 2. The Kier molecular flexibility index (Phi) is 5.83. The third-order valence-electron chi connectivity index (χ3n) is 2.74. The Labute approximate surface area is 123 Å². The Bertz CT molecular complexity index is 515. The molecule has 0 spiro atoms. The molecule has 0 saturated heterocycles. The summed E-state index contributed by atoms with van der Waals surface area (Å²) in [5.74, 6) is 1.58. The van der Waals surface area contributed by atoms with Crippen LogP contribution in [0.2, 0.25) is 0 Å². The molecule has 0 aliphatic heterocycles. The van der Waals surface area contributed by atoms with Gasteiger partial charge in [0, 0.05) is 12.7 Å². The third kappa shape index (κ3) is 4.21. The van der Waals surface area contributed by atoms with Crippen molar-refractivity contribution in [3.8, 4) is 11.5 Å². The third-order valence-corrected chi connectivity index (χ3v) is 3.49. The monoisotopic (exact) mass is 292 g/mol. The molecule has 5 heteroatoms. The number of benzene rings is 1. The number of hydrogen-bond donors (Lipinski definition) is 1. The molecule has 108 valence electrons. The maximum Gasteiger partial charge on any atom is 0.161 e. The lowest BCUT2D eigenvalue weighted by atomic mass is 10.2. The minimum absolute atomic E-state index is 0.525. The molecule has 0 aliphatic rings. The van der Waals surface area contributed by atoms with Gasteiger partial charge in [-0.15, -0.1) is 11.3 Å². The number of hydrogen-bond acceptors (Lipinski definition) is 5. The van der Waals surface area contributed by atoms with Crippen LogP contribution >= 0.6 is 11.3 Å². The van der Waals surface area contributed by atoms with E-state index in [1.54, 1.807) is 11.3 Å². The van der Waals surface area contributed by atoms with Gasteiger partial charge in [-0.3, -0.25) is 4.98 Å². The van der Waals surface area contributed by atoms with E-state index in [9.17, 15) is 0 Å². The number of nitrogens with zero attached hydrogens (tertiary/aromatic N) is 1. The molecule has 1 N–H and O–H groups in total. The molecule has 0 bridgehead atoms. The smallest absolute Gasteiger partial charge is 0.161 e. The fourth-order valence-corrected chi connectivity index (χ4v) is 2.29. The van der Waals surface area contributed by atoms with Crippen LogP contribution in [0.25, 0.3) is 0 Å². The molecule has 20 heavy (non-hydrogen) atoms. The quantitative estimate of drug-likeness (QED) is 0.811. The predicted octanol–water partition coefficient (Wildman–Crippen LogP) is 3.23. The molecule has 0 fully saturated rings. The SMILES string of the molecule is CCNCc1ccc(OCc2cncs2)c(OCC)c1. The Hall–Kier alpha value is -1.59. The van der Waals surface area contributed by atoms with Crippen LogP contribution in [-0.2, 0) is 13.2 Å². The van der Waals surface area contributed by atoms with Crippen molar-refractivity contribution in [3.63, 3.8) is 0 Å². The van der Waals surface area contributed by atoms with Gasteiger partial charge < -0.3 is 14.8 Å². The van der Waals surface area contributed by atoms with Gasteiger partial charge in [-0.05, 0) is 31.2 Å². The minimum atomic E-state index is 0.525. The number of aromatic nitrogens is 1. The fourth-order valence-electron chi connectivity index (χ4n) is 1.78. The summed E-state index contributed by atoms with van der Waals surface area (Å²) in [5.41, 5.74) is 3.00. The van der Waals surface area contributed by atoms with Gasteiger partial charge >= 0.3 is 0 Å². The second-order valence-electron chi connectivity index (χ2n) is 4.25. The van der Waals surface area contributed by atoms with Crippen molar-refractivity contribution in [3.05, 3.63) is 40.3 Å². The Balaban J connectivity index is 2.06. The average molecular weight is 292 g/mol. The first-order valence-corrected chi connectivity index (χ1v) is 7.68. The van der Waals surface area contributed by atoms with E-state index >= 15 is 0 Å². The highest BCUT2D eigenvalue weighted by Crippen LogP contribution is 2.29. The van der Waals surface area contributed by atoms with Gasteiger partial charge in [0.05, 0.1) is 17.0 Å². The van der Waals surface area contributed by atoms with Crippen LogP contribution in [0.3, 0.4) is 0 Å². The van der Waals surface area contributed by atoms with E-state index in [0.29, 0.717) is 13.2 Å². The zero-order chi connectivity index (χ0) is 14.2. The lowest BCUT2D eigenvalue weighted by molar-refractivity contribution is 0.271. The molecule has 2 rings (SSSR count). The van der Waals surface area contributed by atoms with Crippen molar-refractivity contribution in [2.45, 2.75) is 27.0 Å². The maximum absolute atomic E-state index is 5.82. The molecule has 0 unspecified atom stereocenters. The van der Waals surface area contributed by atoms with E-state index in [1.807, 2.05) is 30.8 Å². The molecule has 4 nitrogen and oxygen atoms in total. The molecule has 2 aromatic rings. The molecule has 0 amide bonds. The number of thiazole rings is 1. The van der Waals surface area contributed by atoms with Crippen LogP contribution in [0.15, 0.2) is 29.9 Å². The Morgan fingerprint density at radius 2 is 2.10 bits per heavy atom. The lowest BCUT2D eigenvalue weighted by Gasteiger charge is -2.13. The first-order valence-electron chi connectivity index (χ1n) is 6.80. The van der Waals surface area contributed by atoms with Crippen LogP contribution in [-0.4, -0.2) is 18.1 Å². The van der Waals surface area contributed by atoms with Crippen LogP contribution in [0, 0.1) is 0 Å². The molecule has 0 aliphatic carbocycles. The highest BCUT2D eigenvalue weighted by atomic mass is 32.1. The van der Waals surface area contributed by atoms with Crippen molar-refractivity contribution in [1.82, 2.24) is 10.3 Å². The van der Waals surface area contributed by atoms with E-state index in [2.05, 4.69) is 23.3 Å². The highest BCUT2D eigenvalue weighted by Gasteiger charge is 2.07. The summed E-state index contributed by atoms with van der Waals surface area (Å²) >= 11 is 1.59. The molecule has 0 radical (unpaired) electrons. The second-order valence-corrected chi connectivity index (χ2v) is 5.22. The van der Waals surface area contributed by atoms with Gasteiger partial charge in [-0.25, -0.2) is 0 Å². The van der Waals surface area contributed by atoms with E-state index in [1.165, 1.54) is 5.56 Å². The van der Waals surface area contributed by atoms with Gasteiger partial charge in [0.2, 0.25) is 0 Å². The van der Waals surface area contributed by atoms with Crippen molar-refractivity contribution >= 4 is 11.3 Å². The first kappa shape index (κ1) is 14.8. The van der Waals surface area contributed by atoms with Gasteiger partial charge in [-0.1, -0.05) is 13.0 Å². The Morgan fingerprint density at radius 1 is 1.20 bits per heavy atom.